The summed E-state index contributed by atoms with van der Waals surface area (Å²) in [5.41, 5.74) is 0.677. The largest absolute Gasteiger partial charge is 0.507 e. The predicted molar refractivity (Wildman–Crippen MR) is 98.7 cm³/mol. The number of non-ortho nitro benzene ring substituents is 1. The standard InChI is InChI=1S/C18H10BrN3O4/c19-11-3-6-17(23)14(7-11)16-8-13(15(9-20)18(24)21-16)10-1-4-12(5-2-10)22(25)26/h1-8,23H,(H,21,24). The number of nitriles is 1. The molecule has 0 aliphatic rings. The van der Waals surface area contributed by atoms with Crippen molar-refractivity contribution < 1.29 is 10.0 Å². The van der Waals surface area contributed by atoms with E-state index in [4.69, 9.17) is 0 Å². The first-order chi connectivity index (χ1) is 12.4. The van der Waals surface area contributed by atoms with Crippen LogP contribution >= 0.6 is 15.9 Å². The lowest BCUT2D eigenvalue weighted by Crippen LogP contribution is -2.12. The van der Waals surface area contributed by atoms with Crippen LogP contribution in [-0.4, -0.2) is 15.0 Å². The van der Waals surface area contributed by atoms with Crippen LogP contribution in [0.5, 0.6) is 5.75 Å². The average molecular weight is 412 g/mol. The number of hydrogen-bond donors (Lipinski definition) is 2. The second kappa shape index (κ2) is 6.82. The van der Waals surface area contributed by atoms with Crippen LogP contribution in [-0.2, 0) is 0 Å². The monoisotopic (exact) mass is 411 g/mol. The number of nitrogens with zero attached hydrogens (tertiary/aromatic N) is 2. The Labute approximate surface area is 155 Å². The van der Waals surface area contributed by atoms with Crippen molar-refractivity contribution in [1.82, 2.24) is 4.98 Å². The third-order valence-corrected chi connectivity index (χ3v) is 4.28. The molecule has 0 amide bonds. The summed E-state index contributed by atoms with van der Waals surface area (Å²) in [6.07, 6.45) is 0. The van der Waals surface area contributed by atoms with Crippen LogP contribution in [0.2, 0.25) is 0 Å². The van der Waals surface area contributed by atoms with E-state index in [1.54, 1.807) is 18.2 Å². The number of nitro benzene ring substituents is 1. The summed E-state index contributed by atoms with van der Waals surface area (Å²) in [6, 6.07) is 13.7. The van der Waals surface area contributed by atoms with Crippen molar-refractivity contribution >= 4 is 21.6 Å². The topological polar surface area (TPSA) is 120 Å². The van der Waals surface area contributed by atoms with Crippen molar-refractivity contribution in [3.05, 3.63) is 79.0 Å². The molecule has 0 atom stereocenters. The molecule has 0 saturated heterocycles. The Bertz CT molecular complexity index is 1110. The van der Waals surface area contributed by atoms with E-state index in [-0.39, 0.29) is 17.0 Å². The Kier molecular flexibility index (Phi) is 4.56. The number of hydrogen-bond acceptors (Lipinski definition) is 5. The highest BCUT2D eigenvalue weighted by atomic mass is 79.9. The van der Waals surface area contributed by atoms with E-state index in [0.29, 0.717) is 26.9 Å². The van der Waals surface area contributed by atoms with Crippen LogP contribution in [0.15, 0.2) is 57.8 Å². The Hall–Kier alpha value is -3.44. The molecule has 0 saturated carbocycles. The van der Waals surface area contributed by atoms with Crippen molar-refractivity contribution in [3.8, 4) is 34.2 Å². The van der Waals surface area contributed by atoms with Gasteiger partial charge in [0.2, 0.25) is 0 Å². The third-order valence-electron chi connectivity index (χ3n) is 3.78. The summed E-state index contributed by atoms with van der Waals surface area (Å²) in [7, 11) is 0. The molecular formula is C18H10BrN3O4. The number of nitrogens with one attached hydrogen (secondary N) is 1. The van der Waals surface area contributed by atoms with Gasteiger partial charge in [-0.3, -0.25) is 14.9 Å². The van der Waals surface area contributed by atoms with E-state index in [1.165, 1.54) is 30.3 Å². The van der Waals surface area contributed by atoms with Gasteiger partial charge in [-0.15, -0.1) is 0 Å². The Morgan fingerprint density at radius 1 is 1.12 bits per heavy atom. The molecule has 0 bridgehead atoms. The summed E-state index contributed by atoms with van der Waals surface area (Å²) < 4.78 is 0.701. The maximum Gasteiger partial charge on any atom is 0.269 e. The molecule has 7 nitrogen and oxygen atoms in total. The maximum absolute atomic E-state index is 12.3. The summed E-state index contributed by atoms with van der Waals surface area (Å²) in [6.45, 7) is 0. The molecule has 0 aliphatic heterocycles. The smallest absolute Gasteiger partial charge is 0.269 e. The number of aromatic nitrogens is 1. The van der Waals surface area contributed by atoms with E-state index in [9.17, 15) is 25.3 Å². The van der Waals surface area contributed by atoms with Gasteiger partial charge in [-0.25, -0.2) is 0 Å². The van der Waals surface area contributed by atoms with Crippen molar-refractivity contribution in [2.75, 3.05) is 0 Å². The van der Waals surface area contributed by atoms with Crippen LogP contribution in [0, 0.1) is 21.4 Å². The number of pyridine rings is 1. The Balaban J connectivity index is 2.23. The van der Waals surface area contributed by atoms with Gasteiger partial charge in [0.25, 0.3) is 11.2 Å². The highest BCUT2D eigenvalue weighted by Crippen LogP contribution is 2.33. The zero-order valence-electron chi connectivity index (χ0n) is 13.1. The predicted octanol–water partition coefficient (Wildman–Crippen LogP) is 3.96. The molecule has 0 radical (unpaired) electrons. The first kappa shape index (κ1) is 17.4. The van der Waals surface area contributed by atoms with Gasteiger partial charge in [-0.1, -0.05) is 15.9 Å². The SMILES string of the molecule is N#Cc1c(-c2ccc([N+](=O)[O-])cc2)cc(-c2cc(Br)ccc2O)[nH]c1=O. The van der Waals surface area contributed by atoms with Crippen LogP contribution in [0.1, 0.15) is 5.56 Å². The van der Waals surface area contributed by atoms with Gasteiger partial charge in [-0.2, -0.15) is 5.26 Å². The van der Waals surface area contributed by atoms with Gasteiger partial charge in [0.15, 0.2) is 0 Å². The lowest BCUT2D eigenvalue weighted by Gasteiger charge is -2.10. The van der Waals surface area contributed by atoms with Crippen molar-refractivity contribution in [2.24, 2.45) is 0 Å². The van der Waals surface area contributed by atoms with Gasteiger partial charge in [0.05, 0.1) is 10.6 Å². The van der Waals surface area contributed by atoms with Crippen molar-refractivity contribution in [2.45, 2.75) is 0 Å². The summed E-state index contributed by atoms with van der Waals surface area (Å²) in [5, 5.41) is 30.2. The van der Waals surface area contributed by atoms with Gasteiger partial charge < -0.3 is 10.1 Å². The number of phenolic OH excluding ortho intramolecular Hbond substituents is 1. The number of halogens is 1. The van der Waals surface area contributed by atoms with E-state index in [0.717, 1.165) is 0 Å². The van der Waals surface area contributed by atoms with Gasteiger partial charge in [-0.05, 0) is 42.0 Å². The first-order valence-corrected chi connectivity index (χ1v) is 8.11. The highest BCUT2D eigenvalue weighted by molar-refractivity contribution is 9.10. The minimum absolute atomic E-state index is 0.0387. The molecule has 0 aliphatic carbocycles. The molecule has 8 heteroatoms. The molecule has 128 valence electrons. The number of nitro groups is 1. The van der Waals surface area contributed by atoms with Crippen LogP contribution in [0.4, 0.5) is 5.69 Å². The lowest BCUT2D eigenvalue weighted by atomic mass is 9.98. The number of phenols is 1. The molecule has 2 aromatic carbocycles. The number of benzene rings is 2. The maximum atomic E-state index is 12.3. The van der Waals surface area contributed by atoms with Crippen LogP contribution in [0.3, 0.4) is 0 Å². The molecule has 26 heavy (non-hydrogen) atoms. The zero-order valence-corrected chi connectivity index (χ0v) is 14.6. The fourth-order valence-electron chi connectivity index (χ4n) is 2.53. The molecule has 1 heterocycles. The fraction of sp³-hybridized carbons (Fsp3) is 0. The minimum atomic E-state index is -0.613. The number of rotatable bonds is 3. The van der Waals surface area contributed by atoms with Crippen LogP contribution < -0.4 is 5.56 Å². The first-order valence-electron chi connectivity index (χ1n) is 7.32. The van der Waals surface area contributed by atoms with Gasteiger partial charge in [0.1, 0.15) is 17.4 Å². The Morgan fingerprint density at radius 3 is 2.42 bits per heavy atom. The number of aromatic amines is 1. The summed E-state index contributed by atoms with van der Waals surface area (Å²) in [4.78, 5) is 25.2. The zero-order chi connectivity index (χ0) is 18.8. The minimum Gasteiger partial charge on any atom is -0.507 e. The molecule has 1 aromatic heterocycles. The third kappa shape index (κ3) is 3.20. The number of H-pyrrole nitrogens is 1. The molecule has 0 fully saturated rings. The molecule has 3 rings (SSSR count). The van der Waals surface area contributed by atoms with Crippen molar-refractivity contribution in [1.29, 1.82) is 5.26 Å². The highest BCUT2D eigenvalue weighted by Gasteiger charge is 2.15. The molecule has 0 unspecified atom stereocenters. The van der Waals surface area contributed by atoms with Crippen molar-refractivity contribution in [3.63, 3.8) is 0 Å². The van der Waals surface area contributed by atoms with Gasteiger partial charge in [0, 0.05) is 27.7 Å². The Morgan fingerprint density at radius 2 is 1.81 bits per heavy atom. The van der Waals surface area contributed by atoms with Crippen LogP contribution in [0.25, 0.3) is 22.4 Å². The summed E-state index contributed by atoms with van der Waals surface area (Å²) in [5.74, 6) is -0.0387. The average Bonchev–Trinajstić information content (AvgIpc) is 2.63. The second-order valence-electron chi connectivity index (χ2n) is 5.38. The molecule has 3 aromatic rings. The van der Waals surface area contributed by atoms with E-state index < -0.39 is 10.5 Å². The van der Waals surface area contributed by atoms with E-state index in [1.807, 2.05) is 6.07 Å². The fourth-order valence-corrected chi connectivity index (χ4v) is 2.89. The quantitative estimate of drug-likeness (QED) is 0.499. The lowest BCUT2D eigenvalue weighted by molar-refractivity contribution is -0.384. The van der Waals surface area contributed by atoms with Gasteiger partial charge >= 0.3 is 0 Å². The second-order valence-corrected chi connectivity index (χ2v) is 6.29. The number of aromatic hydroxyl groups is 1. The van der Waals surface area contributed by atoms with E-state index >= 15 is 0 Å². The molecular weight excluding hydrogens is 402 g/mol. The molecule has 0 spiro atoms. The molecule has 2 N–H and O–H groups in total. The normalized spacial score (nSPS) is 10.3. The summed E-state index contributed by atoms with van der Waals surface area (Å²) >= 11 is 3.31. The van der Waals surface area contributed by atoms with E-state index in [2.05, 4.69) is 20.9 Å².